The van der Waals surface area contributed by atoms with Gasteiger partial charge in [-0.15, -0.1) is 0 Å². The predicted octanol–water partition coefficient (Wildman–Crippen LogP) is 3.26. The number of hydrogen-bond acceptors (Lipinski definition) is 7. The summed E-state index contributed by atoms with van der Waals surface area (Å²) in [4.78, 5) is 39.8. The minimum Gasteiger partial charge on any atom is -0.507 e. The number of non-ortho nitro benzene ring substituents is 1. The molecular weight excluding hydrogens is 402 g/mol. The molecule has 0 radical (unpaired) electrons. The molecule has 9 nitrogen and oxygen atoms in total. The van der Waals surface area contributed by atoms with Crippen LogP contribution in [0.5, 0.6) is 0 Å². The average Bonchev–Trinajstić information content (AvgIpc) is 3.30. The lowest BCUT2D eigenvalue weighted by atomic mass is 9.99. The topological polar surface area (TPSA) is 117 Å². The van der Waals surface area contributed by atoms with Crippen molar-refractivity contribution in [1.82, 2.24) is 9.80 Å². The minimum absolute atomic E-state index is 0.0872. The number of amides is 1. The number of aliphatic hydroxyl groups is 1. The molecule has 31 heavy (non-hydrogen) atoms. The number of furan rings is 1. The predicted molar refractivity (Wildman–Crippen MR) is 113 cm³/mol. The van der Waals surface area contributed by atoms with Gasteiger partial charge in [0.15, 0.2) is 0 Å². The number of rotatable bonds is 8. The summed E-state index contributed by atoms with van der Waals surface area (Å²) < 4.78 is 5.72. The minimum atomic E-state index is -0.913. The first-order valence-electron chi connectivity index (χ1n) is 10.1. The van der Waals surface area contributed by atoms with E-state index in [2.05, 4.69) is 4.90 Å². The first-order chi connectivity index (χ1) is 14.8. The molecule has 164 valence electrons. The fraction of sp³-hybridized carbons (Fsp3) is 0.364. The molecule has 1 aliphatic heterocycles. The number of ketones is 1. The molecule has 0 saturated carbocycles. The monoisotopic (exact) mass is 427 g/mol. The molecule has 0 spiro atoms. The Bertz CT molecular complexity index is 1040. The van der Waals surface area contributed by atoms with Gasteiger partial charge < -0.3 is 19.3 Å². The SMILES string of the molecule is CCN(CC)CCN1C(=O)C(=O)/C(=C(\O)c2cccc([N+](=O)[O-])c2)C1c1ccc(C)o1. The van der Waals surface area contributed by atoms with Gasteiger partial charge in [-0.2, -0.15) is 0 Å². The van der Waals surface area contributed by atoms with Crippen LogP contribution in [0.3, 0.4) is 0 Å². The summed E-state index contributed by atoms with van der Waals surface area (Å²) in [6.07, 6.45) is 0. The van der Waals surface area contributed by atoms with Crippen LogP contribution in [0.4, 0.5) is 5.69 Å². The molecule has 1 amide bonds. The summed E-state index contributed by atoms with van der Waals surface area (Å²) >= 11 is 0. The fourth-order valence-electron chi connectivity index (χ4n) is 3.72. The van der Waals surface area contributed by atoms with E-state index >= 15 is 0 Å². The van der Waals surface area contributed by atoms with Gasteiger partial charge in [0.2, 0.25) is 0 Å². The molecule has 1 N–H and O–H groups in total. The second-order valence-electron chi connectivity index (χ2n) is 7.28. The Kier molecular flexibility index (Phi) is 6.55. The smallest absolute Gasteiger partial charge is 0.295 e. The van der Waals surface area contributed by atoms with E-state index in [1.165, 1.54) is 29.2 Å². The molecule has 0 bridgehead atoms. The number of Topliss-reactive ketones (excluding diaryl/α,β-unsaturated/α-hetero) is 1. The number of carbonyl (C=O) groups is 2. The highest BCUT2D eigenvalue weighted by atomic mass is 16.6. The van der Waals surface area contributed by atoms with Gasteiger partial charge in [-0.05, 0) is 32.1 Å². The Morgan fingerprint density at radius 1 is 1.23 bits per heavy atom. The molecule has 9 heteroatoms. The van der Waals surface area contributed by atoms with Crippen molar-refractivity contribution >= 4 is 23.1 Å². The molecule has 1 aromatic heterocycles. The number of nitrogens with zero attached hydrogens (tertiary/aromatic N) is 3. The van der Waals surface area contributed by atoms with Crippen LogP contribution in [0.15, 0.2) is 46.4 Å². The first kappa shape index (κ1) is 22.2. The number of likely N-dealkylation sites (tertiary alicyclic amines) is 1. The number of aliphatic hydroxyl groups excluding tert-OH is 1. The van der Waals surface area contributed by atoms with Gasteiger partial charge in [0, 0.05) is 30.8 Å². The van der Waals surface area contributed by atoms with E-state index in [1.54, 1.807) is 19.1 Å². The van der Waals surface area contributed by atoms with Crippen molar-refractivity contribution in [1.29, 1.82) is 0 Å². The lowest BCUT2D eigenvalue weighted by Gasteiger charge is -2.26. The van der Waals surface area contributed by atoms with E-state index in [4.69, 9.17) is 4.42 Å². The van der Waals surface area contributed by atoms with E-state index in [9.17, 15) is 24.8 Å². The number of hydrogen-bond donors (Lipinski definition) is 1. The van der Waals surface area contributed by atoms with Gasteiger partial charge in [0.1, 0.15) is 23.3 Å². The summed E-state index contributed by atoms with van der Waals surface area (Å²) in [5, 5.41) is 22.1. The van der Waals surface area contributed by atoms with E-state index in [0.717, 1.165) is 13.1 Å². The molecule has 1 aromatic carbocycles. The second-order valence-corrected chi connectivity index (χ2v) is 7.28. The molecule has 1 atom stereocenters. The second kappa shape index (κ2) is 9.13. The van der Waals surface area contributed by atoms with Crippen LogP contribution in [0.25, 0.3) is 5.76 Å². The Morgan fingerprint density at radius 2 is 1.94 bits per heavy atom. The van der Waals surface area contributed by atoms with Crippen molar-refractivity contribution < 1.29 is 24.0 Å². The molecule has 1 unspecified atom stereocenters. The third-order valence-corrected chi connectivity index (χ3v) is 5.45. The molecule has 2 heterocycles. The summed E-state index contributed by atoms with van der Waals surface area (Å²) in [6.45, 7) is 8.15. The van der Waals surface area contributed by atoms with Crippen LogP contribution in [0.1, 0.15) is 37.0 Å². The zero-order valence-electron chi connectivity index (χ0n) is 17.7. The number of benzene rings is 1. The Hall–Kier alpha value is -3.46. The molecule has 0 aliphatic carbocycles. The maximum Gasteiger partial charge on any atom is 0.295 e. The highest BCUT2D eigenvalue weighted by Crippen LogP contribution is 2.40. The maximum atomic E-state index is 12.9. The lowest BCUT2D eigenvalue weighted by molar-refractivity contribution is -0.384. The number of nitro benzene ring substituents is 1. The van der Waals surface area contributed by atoms with Gasteiger partial charge in [0.05, 0.1) is 10.5 Å². The quantitative estimate of drug-likeness (QED) is 0.226. The largest absolute Gasteiger partial charge is 0.507 e. The molecular formula is C22H25N3O6. The number of likely N-dealkylation sites (N-methyl/N-ethyl adjacent to an activating group) is 1. The number of nitro groups is 1. The van der Waals surface area contributed by atoms with E-state index in [-0.39, 0.29) is 23.4 Å². The lowest BCUT2D eigenvalue weighted by Crippen LogP contribution is -2.37. The van der Waals surface area contributed by atoms with Crippen molar-refractivity contribution in [2.75, 3.05) is 26.2 Å². The van der Waals surface area contributed by atoms with Gasteiger partial charge in [0.25, 0.3) is 17.4 Å². The van der Waals surface area contributed by atoms with Crippen molar-refractivity contribution in [2.24, 2.45) is 0 Å². The highest BCUT2D eigenvalue weighted by Gasteiger charge is 2.47. The van der Waals surface area contributed by atoms with Crippen molar-refractivity contribution in [2.45, 2.75) is 26.8 Å². The third-order valence-electron chi connectivity index (χ3n) is 5.45. The molecule has 1 saturated heterocycles. The van der Waals surface area contributed by atoms with Crippen LogP contribution in [-0.2, 0) is 9.59 Å². The summed E-state index contributed by atoms with van der Waals surface area (Å²) in [5.74, 6) is -1.10. The Morgan fingerprint density at radius 3 is 2.52 bits per heavy atom. The summed E-state index contributed by atoms with van der Waals surface area (Å²) in [6, 6.07) is 7.79. The van der Waals surface area contributed by atoms with Crippen molar-refractivity contribution in [3.05, 3.63) is 69.2 Å². The summed E-state index contributed by atoms with van der Waals surface area (Å²) in [5.41, 5.74) is -0.283. The maximum absolute atomic E-state index is 12.9. The standard InChI is InChI=1S/C22H25N3O6/c1-4-23(5-2)11-12-24-19(17-10-9-14(3)31-17)18(21(27)22(24)28)20(26)15-7-6-8-16(13-15)25(29)30/h6-10,13,19,26H,4-5,11-12H2,1-3H3/b20-18-. The van der Waals surface area contributed by atoms with Crippen LogP contribution >= 0.6 is 0 Å². The van der Waals surface area contributed by atoms with E-state index in [0.29, 0.717) is 18.1 Å². The summed E-state index contributed by atoms with van der Waals surface area (Å²) in [7, 11) is 0. The normalized spacial score (nSPS) is 18.2. The molecule has 1 fully saturated rings. The van der Waals surface area contributed by atoms with Crippen molar-refractivity contribution in [3.8, 4) is 0 Å². The fourth-order valence-corrected chi connectivity index (χ4v) is 3.72. The van der Waals surface area contributed by atoms with Crippen molar-refractivity contribution in [3.63, 3.8) is 0 Å². The Labute approximate surface area is 179 Å². The zero-order valence-corrected chi connectivity index (χ0v) is 17.7. The molecule has 1 aliphatic rings. The van der Waals surface area contributed by atoms with Crippen LogP contribution in [-0.4, -0.2) is 57.7 Å². The van der Waals surface area contributed by atoms with E-state index < -0.39 is 28.4 Å². The van der Waals surface area contributed by atoms with Gasteiger partial charge in [-0.25, -0.2) is 0 Å². The van der Waals surface area contributed by atoms with Gasteiger partial charge in [-0.1, -0.05) is 26.0 Å². The average molecular weight is 427 g/mol. The van der Waals surface area contributed by atoms with E-state index in [1.807, 2.05) is 13.8 Å². The molecule has 2 aromatic rings. The number of aryl methyl sites for hydroxylation is 1. The Balaban J connectivity index is 2.09. The van der Waals surface area contributed by atoms with Gasteiger partial charge in [-0.3, -0.25) is 19.7 Å². The third kappa shape index (κ3) is 4.36. The zero-order chi connectivity index (χ0) is 22.7. The highest BCUT2D eigenvalue weighted by molar-refractivity contribution is 6.46. The number of carbonyl (C=O) groups excluding carboxylic acids is 2. The van der Waals surface area contributed by atoms with Crippen LogP contribution < -0.4 is 0 Å². The first-order valence-corrected chi connectivity index (χ1v) is 10.1. The molecule has 3 rings (SSSR count). The van der Waals surface area contributed by atoms with Crippen LogP contribution in [0, 0.1) is 17.0 Å². The van der Waals surface area contributed by atoms with Gasteiger partial charge >= 0.3 is 0 Å². The van der Waals surface area contributed by atoms with Crippen LogP contribution in [0.2, 0.25) is 0 Å².